The van der Waals surface area contributed by atoms with E-state index in [4.69, 9.17) is 15.3 Å². The quantitative estimate of drug-likeness (QED) is 0.494. The van der Waals surface area contributed by atoms with E-state index in [9.17, 15) is 0 Å². The molecule has 0 atom stereocenters. The van der Waals surface area contributed by atoms with E-state index in [1.54, 1.807) is 4.90 Å². The summed E-state index contributed by atoms with van der Waals surface area (Å²) in [5.41, 5.74) is 2.37. The second kappa shape index (κ2) is 13.2. The zero-order valence-electron chi connectivity index (χ0n) is 11.8. The molecule has 1 rings (SSSR count). The third kappa shape index (κ3) is 10.0. The second-order valence-corrected chi connectivity index (χ2v) is 4.65. The summed E-state index contributed by atoms with van der Waals surface area (Å²) in [6.45, 7) is 3.83. The van der Waals surface area contributed by atoms with Crippen molar-refractivity contribution in [3.05, 3.63) is 35.4 Å². The predicted molar refractivity (Wildman–Crippen MR) is 81.5 cm³/mol. The first kappa shape index (κ1) is 19.2. The number of hydrogen-bond donors (Lipinski definition) is 3. The first-order valence-electron chi connectivity index (χ1n) is 6.47. The largest absolute Gasteiger partial charge is 0.395 e. The van der Waals surface area contributed by atoms with Crippen LogP contribution >= 0.6 is 0 Å². The summed E-state index contributed by atoms with van der Waals surface area (Å²) in [5.74, 6) is 2.98. The molecule has 4 nitrogen and oxygen atoms in total. The van der Waals surface area contributed by atoms with E-state index in [1.807, 2.05) is 28.6 Å². The molecule has 3 N–H and O–H groups in total. The van der Waals surface area contributed by atoms with Crippen molar-refractivity contribution >= 4 is 16.5 Å². The molecule has 0 amide bonds. The number of nitrogens with zero attached hydrogens (tertiary/aromatic N) is 1. The molecule has 0 aliphatic rings. The predicted octanol–water partition coefficient (Wildman–Crippen LogP) is -0.262. The molecule has 0 saturated carbocycles. The molecule has 0 aliphatic carbocycles. The summed E-state index contributed by atoms with van der Waals surface area (Å²) in [6, 6.07) is 8.21. The normalized spacial score (nSPS) is 9.50. The molecule has 0 fully saturated rings. The third-order valence-corrected chi connectivity index (χ3v) is 2.77. The number of aliphatic hydroxyl groups excluding tert-OH is 3. The monoisotopic (exact) mass is 338 g/mol. The van der Waals surface area contributed by atoms with Crippen LogP contribution in [0.2, 0.25) is 0 Å². The van der Waals surface area contributed by atoms with Crippen molar-refractivity contribution in [2.75, 3.05) is 39.5 Å². The van der Waals surface area contributed by atoms with Crippen LogP contribution in [0, 0.1) is 17.6 Å². The van der Waals surface area contributed by atoms with Crippen molar-refractivity contribution in [1.82, 2.24) is 4.90 Å². The topological polar surface area (TPSA) is 63.9 Å². The minimum atomic E-state index is 0.0694. The van der Waals surface area contributed by atoms with E-state index in [1.165, 1.54) is 5.56 Å². The van der Waals surface area contributed by atoms with Gasteiger partial charge in [-0.25, -0.2) is 0 Å². The Morgan fingerprint density at radius 1 is 0.950 bits per heavy atom. The molecule has 109 valence electrons. The maximum atomic E-state index is 8.48. The fourth-order valence-electron chi connectivity index (χ4n) is 1.47. The van der Waals surface area contributed by atoms with Crippen LogP contribution in [-0.4, -0.2) is 76.2 Å². The van der Waals surface area contributed by atoms with Crippen molar-refractivity contribution in [3.8, 4) is 10.7 Å². The van der Waals surface area contributed by atoms with Crippen LogP contribution in [-0.2, 0) is 0 Å². The zero-order valence-corrected chi connectivity index (χ0v) is 13.9. The van der Waals surface area contributed by atoms with Crippen molar-refractivity contribution in [2.24, 2.45) is 0 Å². The van der Waals surface area contributed by atoms with Crippen LogP contribution in [0.5, 0.6) is 0 Å². The number of benzene rings is 1. The Hall–Kier alpha value is -0.837. The Labute approximate surface area is 129 Å². The van der Waals surface area contributed by atoms with E-state index >= 15 is 0 Å². The minimum absolute atomic E-state index is 0.0694. The van der Waals surface area contributed by atoms with Gasteiger partial charge in [0.1, 0.15) is 0 Å². The van der Waals surface area contributed by atoms with E-state index < -0.39 is 0 Å². The van der Waals surface area contributed by atoms with Gasteiger partial charge in [0.2, 0.25) is 0 Å². The van der Waals surface area contributed by atoms with Crippen LogP contribution in [0.15, 0.2) is 24.3 Å². The van der Waals surface area contributed by atoms with Crippen LogP contribution in [0.3, 0.4) is 0 Å². The third-order valence-electron chi connectivity index (χ3n) is 2.51. The number of hydrogen-bond acceptors (Lipinski definition) is 4. The van der Waals surface area contributed by atoms with Gasteiger partial charge in [-0.05, 0) is 0 Å². The summed E-state index contributed by atoms with van der Waals surface area (Å²) in [5, 5.41) is 25.5. The van der Waals surface area contributed by atoms with Gasteiger partial charge in [0.05, 0.1) is 19.8 Å². The van der Waals surface area contributed by atoms with Gasteiger partial charge < -0.3 is 15.3 Å². The molecule has 1 aromatic carbocycles. The van der Waals surface area contributed by atoms with Crippen LogP contribution < -0.4 is 0 Å². The fourth-order valence-corrected chi connectivity index (χ4v) is 1.77. The van der Waals surface area contributed by atoms with Crippen molar-refractivity contribution in [2.45, 2.75) is 6.92 Å². The molecule has 0 aliphatic heterocycles. The van der Waals surface area contributed by atoms with Gasteiger partial charge in [0.15, 0.2) is 0 Å². The molecule has 0 unspecified atom stereocenters. The Morgan fingerprint density at radius 3 is 1.75 bits per heavy atom. The molecule has 0 bridgehead atoms. The summed E-state index contributed by atoms with van der Waals surface area (Å²) in [6.07, 6.45) is 0. The SMILES string of the molecule is Cc1ccc(C#[C][Ge])cc1.OCCN(CCO)CCO. The molecule has 5 heteroatoms. The summed E-state index contributed by atoms with van der Waals surface area (Å²) < 4.78 is 2.85. The van der Waals surface area contributed by atoms with Gasteiger partial charge in [-0.1, -0.05) is 0 Å². The Kier molecular flexibility index (Phi) is 12.6. The van der Waals surface area contributed by atoms with Crippen LogP contribution in [0.4, 0.5) is 0 Å². The van der Waals surface area contributed by atoms with Gasteiger partial charge in [-0.3, -0.25) is 4.90 Å². The molecule has 3 radical (unpaired) electrons. The summed E-state index contributed by atoms with van der Waals surface area (Å²) in [4.78, 5) is 1.79. The maximum Gasteiger partial charge on any atom is 0.0558 e. The average molecular weight is 337 g/mol. The molecule has 0 aromatic heterocycles. The van der Waals surface area contributed by atoms with Gasteiger partial charge >= 0.3 is 69.5 Å². The van der Waals surface area contributed by atoms with Gasteiger partial charge in [-0.15, -0.1) is 0 Å². The van der Waals surface area contributed by atoms with E-state index in [-0.39, 0.29) is 19.8 Å². The Morgan fingerprint density at radius 2 is 1.40 bits per heavy atom. The minimum Gasteiger partial charge on any atom is -0.395 e. The van der Waals surface area contributed by atoms with Gasteiger partial charge in [0, 0.05) is 19.6 Å². The molecule has 0 saturated heterocycles. The maximum absolute atomic E-state index is 8.48. The smallest absolute Gasteiger partial charge is 0.0558 e. The molecule has 1 aromatic rings. The molecular formula is C15H22GeNO3. The fraction of sp³-hybridized carbons (Fsp3) is 0.467. The molecule has 20 heavy (non-hydrogen) atoms. The van der Waals surface area contributed by atoms with Gasteiger partial charge in [0.25, 0.3) is 0 Å². The Balaban J connectivity index is 0.000000361. The number of rotatable bonds is 6. The van der Waals surface area contributed by atoms with Crippen molar-refractivity contribution < 1.29 is 15.3 Å². The Bertz CT molecular complexity index is 384. The van der Waals surface area contributed by atoms with E-state index in [2.05, 4.69) is 29.7 Å². The molecule has 0 spiro atoms. The first-order chi connectivity index (χ1) is 9.67. The number of aryl methyl sites for hydroxylation is 1. The summed E-state index contributed by atoms with van der Waals surface area (Å²) >= 11 is 1.85. The van der Waals surface area contributed by atoms with Gasteiger partial charge in [-0.2, -0.15) is 0 Å². The summed E-state index contributed by atoms with van der Waals surface area (Å²) in [7, 11) is 0. The number of aliphatic hydroxyl groups is 3. The standard InChI is InChI=1S/C9H7Ge.C6H15NO3/c1-8-2-4-9(5-3-8)6-7-10;8-4-1-7(2-5-9)3-6-10/h2-5H,1H3;8-10H,1-6H2. The molecule has 0 heterocycles. The van der Waals surface area contributed by atoms with Crippen LogP contribution in [0.1, 0.15) is 11.1 Å². The van der Waals surface area contributed by atoms with E-state index in [0.29, 0.717) is 19.6 Å². The zero-order chi connectivity index (χ0) is 15.2. The van der Waals surface area contributed by atoms with Crippen molar-refractivity contribution in [3.63, 3.8) is 0 Å². The second-order valence-electron chi connectivity index (χ2n) is 4.13. The average Bonchev–Trinajstić information content (AvgIpc) is 2.43. The molecular weight excluding hydrogens is 315 g/mol. The van der Waals surface area contributed by atoms with Crippen LogP contribution in [0.25, 0.3) is 0 Å². The van der Waals surface area contributed by atoms with E-state index in [0.717, 1.165) is 5.56 Å². The van der Waals surface area contributed by atoms with Crippen molar-refractivity contribution in [1.29, 1.82) is 0 Å². The first-order valence-corrected chi connectivity index (χ1v) is 7.52.